The van der Waals surface area contributed by atoms with Gasteiger partial charge in [0.15, 0.2) is 0 Å². The van der Waals surface area contributed by atoms with Gasteiger partial charge in [-0.05, 0) is 43.0 Å². The Kier molecular flexibility index (Phi) is 4.02. The Balaban J connectivity index is 2.00. The molecule has 0 N–H and O–H groups in total. The lowest BCUT2D eigenvalue weighted by atomic mass is 10.0. The highest BCUT2D eigenvalue weighted by Crippen LogP contribution is 2.17. The van der Waals surface area contributed by atoms with Crippen molar-refractivity contribution < 1.29 is 4.79 Å². The second kappa shape index (κ2) is 5.53. The Morgan fingerprint density at radius 1 is 1.06 bits per heavy atom. The van der Waals surface area contributed by atoms with E-state index in [-0.39, 0.29) is 0 Å². The molecule has 1 fully saturated rings. The molecule has 0 aromatic heterocycles. The number of hydrogen-bond acceptors (Lipinski definition) is 2. The summed E-state index contributed by atoms with van der Waals surface area (Å²) in [6, 6.07) is 4.56. The van der Waals surface area contributed by atoms with Crippen LogP contribution >= 0.6 is 0 Å². The molecule has 0 spiro atoms. The molecule has 18 heavy (non-hydrogen) atoms. The van der Waals surface area contributed by atoms with Crippen LogP contribution < -0.4 is 0 Å². The van der Waals surface area contributed by atoms with Gasteiger partial charge in [-0.2, -0.15) is 0 Å². The first-order valence-corrected chi connectivity index (χ1v) is 6.52. The zero-order valence-electron chi connectivity index (χ0n) is 11.5. The Hall–Kier alpha value is -1.35. The molecular formula is C15H21N2O. The molecule has 0 atom stereocenters. The summed E-state index contributed by atoms with van der Waals surface area (Å²) >= 11 is 0. The summed E-state index contributed by atoms with van der Waals surface area (Å²) < 4.78 is 0. The smallest absolute Gasteiger partial charge is 0.312 e. The van der Waals surface area contributed by atoms with Crippen molar-refractivity contribution >= 4 is 6.41 Å². The summed E-state index contributed by atoms with van der Waals surface area (Å²) in [4.78, 5) is 14.7. The van der Waals surface area contributed by atoms with Crippen LogP contribution in [0.1, 0.15) is 22.3 Å². The predicted molar refractivity (Wildman–Crippen MR) is 73.2 cm³/mol. The van der Waals surface area contributed by atoms with Crippen molar-refractivity contribution in [2.45, 2.75) is 27.3 Å². The van der Waals surface area contributed by atoms with E-state index >= 15 is 0 Å². The van der Waals surface area contributed by atoms with Crippen LogP contribution in [0.25, 0.3) is 0 Å². The monoisotopic (exact) mass is 245 g/mol. The molecule has 97 valence electrons. The molecule has 1 amide bonds. The third-order valence-corrected chi connectivity index (χ3v) is 3.89. The minimum Gasteiger partial charge on any atom is -0.332 e. The second-order valence-corrected chi connectivity index (χ2v) is 5.21. The summed E-state index contributed by atoms with van der Waals surface area (Å²) in [5.74, 6) is 0. The number of hydrogen-bond donors (Lipinski definition) is 0. The van der Waals surface area contributed by atoms with E-state index in [1.165, 1.54) is 22.3 Å². The van der Waals surface area contributed by atoms with Crippen molar-refractivity contribution in [1.29, 1.82) is 0 Å². The van der Waals surface area contributed by atoms with E-state index in [2.05, 4.69) is 37.8 Å². The minimum atomic E-state index is 0.799. The molecule has 1 aromatic rings. The standard InChI is InChI=1S/C15H21N2O/c1-12-8-15(9-13(2)14(12)3)10-16-4-6-17(11-18)7-5-16/h8-9H,4-7,10H2,1-3H3. The van der Waals surface area contributed by atoms with Gasteiger partial charge in [0, 0.05) is 32.7 Å². The summed E-state index contributed by atoms with van der Waals surface area (Å²) in [5, 5.41) is 0. The summed E-state index contributed by atoms with van der Waals surface area (Å²) in [7, 11) is 0. The average Bonchev–Trinajstić information content (AvgIpc) is 2.37. The van der Waals surface area contributed by atoms with Crippen LogP contribution in [-0.4, -0.2) is 42.4 Å². The molecule has 0 saturated carbocycles. The number of piperazine rings is 1. The fourth-order valence-electron chi connectivity index (χ4n) is 2.47. The molecule has 1 saturated heterocycles. The van der Waals surface area contributed by atoms with Crippen molar-refractivity contribution in [1.82, 2.24) is 9.80 Å². The zero-order chi connectivity index (χ0) is 13.1. The predicted octanol–water partition coefficient (Wildman–Crippen LogP) is 1.80. The molecule has 2 rings (SSSR count). The maximum Gasteiger partial charge on any atom is 0.312 e. The first-order chi connectivity index (χ1) is 8.60. The van der Waals surface area contributed by atoms with Crippen molar-refractivity contribution in [3.8, 4) is 0 Å². The van der Waals surface area contributed by atoms with E-state index in [9.17, 15) is 4.79 Å². The Morgan fingerprint density at radius 2 is 1.61 bits per heavy atom. The van der Waals surface area contributed by atoms with Gasteiger partial charge in [0.2, 0.25) is 0 Å². The van der Waals surface area contributed by atoms with Gasteiger partial charge in [0.1, 0.15) is 0 Å². The van der Waals surface area contributed by atoms with Gasteiger partial charge in [0.25, 0.3) is 0 Å². The van der Waals surface area contributed by atoms with E-state index in [0.29, 0.717) is 0 Å². The highest BCUT2D eigenvalue weighted by Gasteiger charge is 2.16. The van der Waals surface area contributed by atoms with Gasteiger partial charge in [-0.1, -0.05) is 12.1 Å². The second-order valence-electron chi connectivity index (χ2n) is 5.21. The first-order valence-electron chi connectivity index (χ1n) is 6.52. The van der Waals surface area contributed by atoms with Crippen LogP contribution in [0.5, 0.6) is 0 Å². The highest BCUT2D eigenvalue weighted by molar-refractivity contribution is 5.48. The van der Waals surface area contributed by atoms with Crippen LogP contribution in [0.2, 0.25) is 0 Å². The normalized spacial score (nSPS) is 16.9. The van der Waals surface area contributed by atoms with E-state index < -0.39 is 0 Å². The third kappa shape index (κ3) is 2.91. The summed E-state index contributed by atoms with van der Waals surface area (Å²) in [5.41, 5.74) is 5.49. The number of nitrogens with zero attached hydrogens (tertiary/aromatic N) is 2. The lowest BCUT2D eigenvalue weighted by Crippen LogP contribution is -2.45. The Morgan fingerprint density at radius 3 is 2.11 bits per heavy atom. The summed E-state index contributed by atoms with van der Waals surface area (Å²) in [6.45, 7) is 11.0. The third-order valence-electron chi connectivity index (χ3n) is 3.89. The van der Waals surface area contributed by atoms with Gasteiger partial charge < -0.3 is 4.90 Å². The Labute approximate surface area is 109 Å². The molecule has 0 aliphatic carbocycles. The molecule has 3 heteroatoms. The van der Waals surface area contributed by atoms with E-state index in [1.807, 2.05) is 6.41 Å². The minimum absolute atomic E-state index is 0.799. The van der Waals surface area contributed by atoms with Crippen LogP contribution in [0, 0.1) is 20.8 Å². The van der Waals surface area contributed by atoms with Crippen molar-refractivity contribution in [2.75, 3.05) is 26.2 Å². The maximum atomic E-state index is 10.5. The molecule has 1 aromatic carbocycles. The average molecular weight is 245 g/mol. The largest absolute Gasteiger partial charge is 0.332 e. The van der Waals surface area contributed by atoms with Crippen LogP contribution in [-0.2, 0) is 11.3 Å². The van der Waals surface area contributed by atoms with Crippen LogP contribution in [0.15, 0.2) is 12.1 Å². The van der Waals surface area contributed by atoms with E-state index in [4.69, 9.17) is 0 Å². The molecule has 0 bridgehead atoms. The lowest BCUT2D eigenvalue weighted by Gasteiger charge is -2.32. The quantitative estimate of drug-likeness (QED) is 0.810. The fraction of sp³-hybridized carbons (Fsp3) is 0.533. The van der Waals surface area contributed by atoms with Crippen LogP contribution in [0.4, 0.5) is 0 Å². The van der Waals surface area contributed by atoms with Crippen LogP contribution in [0.3, 0.4) is 0 Å². The molecular weight excluding hydrogens is 224 g/mol. The number of benzene rings is 1. The topological polar surface area (TPSA) is 23.6 Å². The van der Waals surface area contributed by atoms with Crippen molar-refractivity contribution in [3.05, 3.63) is 34.4 Å². The molecule has 1 aliphatic heterocycles. The molecule has 0 unspecified atom stereocenters. The highest BCUT2D eigenvalue weighted by atomic mass is 16.1. The number of rotatable bonds is 3. The van der Waals surface area contributed by atoms with Gasteiger partial charge in [0.05, 0.1) is 0 Å². The number of aryl methyl sites for hydroxylation is 2. The molecule has 3 nitrogen and oxygen atoms in total. The lowest BCUT2D eigenvalue weighted by molar-refractivity contribution is 0.172. The van der Waals surface area contributed by atoms with Gasteiger partial charge in [-0.3, -0.25) is 9.69 Å². The SMILES string of the molecule is Cc1cc(CN2CCN([C]=O)CC2)cc(C)c1C. The van der Waals surface area contributed by atoms with E-state index in [0.717, 1.165) is 32.7 Å². The zero-order valence-corrected chi connectivity index (χ0v) is 11.5. The molecule has 1 radical (unpaired) electrons. The molecule has 1 aliphatic rings. The van der Waals surface area contributed by atoms with Gasteiger partial charge in [-0.25, -0.2) is 0 Å². The van der Waals surface area contributed by atoms with Crippen molar-refractivity contribution in [2.24, 2.45) is 0 Å². The number of carbonyl (C=O) groups excluding carboxylic acids is 1. The van der Waals surface area contributed by atoms with Crippen molar-refractivity contribution in [3.63, 3.8) is 0 Å². The molecule has 1 heterocycles. The Bertz CT molecular complexity index is 411. The first kappa shape index (κ1) is 13.1. The van der Waals surface area contributed by atoms with E-state index in [1.54, 1.807) is 4.90 Å². The maximum absolute atomic E-state index is 10.5. The fourth-order valence-corrected chi connectivity index (χ4v) is 2.47. The number of amides is 1. The van der Waals surface area contributed by atoms with Gasteiger partial charge >= 0.3 is 6.41 Å². The van der Waals surface area contributed by atoms with Gasteiger partial charge in [-0.15, -0.1) is 0 Å². The summed E-state index contributed by atoms with van der Waals surface area (Å²) in [6.07, 6.45) is 1.97.